The molecule has 1 aromatic rings. The van der Waals surface area contributed by atoms with Crippen LogP contribution in [0.1, 0.15) is 48.7 Å². The normalized spacial score (nSPS) is 21.5. The van der Waals surface area contributed by atoms with Crippen LogP contribution in [0.3, 0.4) is 0 Å². The molecule has 1 saturated carbocycles. The summed E-state index contributed by atoms with van der Waals surface area (Å²) in [5.41, 5.74) is 1.02. The number of hydrogen-bond donors (Lipinski definition) is 2. The van der Waals surface area contributed by atoms with Crippen LogP contribution in [0.25, 0.3) is 0 Å². The lowest BCUT2D eigenvalue weighted by Crippen LogP contribution is -2.31. The van der Waals surface area contributed by atoms with Crippen LogP contribution in [-0.4, -0.2) is 42.9 Å². The highest BCUT2D eigenvalue weighted by Crippen LogP contribution is 2.29. The van der Waals surface area contributed by atoms with Crippen molar-refractivity contribution < 1.29 is 22.5 Å². The van der Waals surface area contributed by atoms with Gasteiger partial charge < -0.3 is 10.4 Å². The number of anilines is 1. The molecule has 0 atom stereocenters. The van der Waals surface area contributed by atoms with Gasteiger partial charge in [0.15, 0.2) is 0 Å². The largest absolute Gasteiger partial charge is 0.478 e. The first-order chi connectivity index (χ1) is 11.2. The molecule has 0 aromatic carbocycles. The van der Waals surface area contributed by atoms with Crippen LogP contribution in [0.4, 0.5) is 5.69 Å². The van der Waals surface area contributed by atoms with Crippen molar-refractivity contribution >= 4 is 33.4 Å². The molecule has 2 rings (SSSR count). The Morgan fingerprint density at radius 1 is 1.42 bits per heavy atom. The van der Waals surface area contributed by atoms with Gasteiger partial charge in [0.1, 0.15) is 10.7 Å². The molecule has 1 aliphatic carbocycles. The third-order valence-corrected chi connectivity index (χ3v) is 4.77. The highest BCUT2D eigenvalue weighted by molar-refractivity contribution is 7.86. The first kappa shape index (κ1) is 19.0. The molecule has 7 nitrogen and oxygen atoms in total. The summed E-state index contributed by atoms with van der Waals surface area (Å²) < 4.78 is 27.4. The fourth-order valence-electron chi connectivity index (χ4n) is 2.94. The van der Waals surface area contributed by atoms with E-state index in [2.05, 4.69) is 10.3 Å². The lowest BCUT2D eigenvalue weighted by molar-refractivity contribution is 0.0696. The maximum Gasteiger partial charge on any atom is 0.339 e. The minimum atomic E-state index is -3.46. The number of carboxylic acids is 1. The fourth-order valence-corrected chi connectivity index (χ4v) is 3.84. The Bertz CT molecular complexity index is 715. The molecule has 0 unspecified atom stereocenters. The van der Waals surface area contributed by atoms with Crippen LogP contribution >= 0.6 is 11.6 Å². The lowest BCUT2D eigenvalue weighted by atomic mass is 9.92. The molecule has 0 saturated heterocycles. The van der Waals surface area contributed by atoms with Gasteiger partial charge in [-0.2, -0.15) is 8.42 Å². The second-order valence-electron chi connectivity index (χ2n) is 5.89. The van der Waals surface area contributed by atoms with Crippen molar-refractivity contribution in [1.82, 2.24) is 4.98 Å². The van der Waals surface area contributed by atoms with Crippen molar-refractivity contribution in [1.29, 1.82) is 0 Å². The van der Waals surface area contributed by atoms with Gasteiger partial charge in [0.2, 0.25) is 0 Å². The van der Waals surface area contributed by atoms with E-state index in [-0.39, 0.29) is 22.9 Å². The van der Waals surface area contributed by atoms with E-state index >= 15 is 0 Å². The predicted molar refractivity (Wildman–Crippen MR) is 91.2 cm³/mol. The molecule has 0 radical (unpaired) electrons. The molecule has 2 N–H and O–H groups in total. The lowest BCUT2D eigenvalue weighted by Gasteiger charge is -2.29. The zero-order valence-electron chi connectivity index (χ0n) is 13.6. The Hall–Kier alpha value is -1.38. The first-order valence-electron chi connectivity index (χ1n) is 7.77. The number of carboxylic acid groups (broad SMARTS) is 1. The smallest absolute Gasteiger partial charge is 0.339 e. The Morgan fingerprint density at radius 2 is 2.04 bits per heavy atom. The zero-order valence-corrected chi connectivity index (χ0v) is 15.2. The molecular weight excluding hydrogens is 356 g/mol. The average Bonchev–Trinajstić information content (AvgIpc) is 2.46. The monoisotopic (exact) mass is 376 g/mol. The molecule has 1 aliphatic rings. The van der Waals surface area contributed by atoms with Crippen LogP contribution in [0, 0.1) is 0 Å². The number of pyridine rings is 1. The Balaban J connectivity index is 2.10. The summed E-state index contributed by atoms with van der Waals surface area (Å²) in [4.78, 5) is 15.6. The average molecular weight is 377 g/mol. The number of halogens is 1. The van der Waals surface area contributed by atoms with Crippen LogP contribution in [0.5, 0.6) is 0 Å². The van der Waals surface area contributed by atoms with Gasteiger partial charge in [-0.05, 0) is 38.2 Å². The van der Waals surface area contributed by atoms with E-state index in [1.165, 1.54) is 6.07 Å². The molecule has 9 heteroatoms. The van der Waals surface area contributed by atoms with Crippen molar-refractivity contribution in [3.8, 4) is 0 Å². The molecule has 1 fully saturated rings. The summed E-state index contributed by atoms with van der Waals surface area (Å²) in [6, 6.07) is 1.55. The molecule has 24 heavy (non-hydrogen) atoms. The Morgan fingerprint density at radius 3 is 2.54 bits per heavy atom. The zero-order chi connectivity index (χ0) is 17.9. The molecule has 134 valence electrons. The summed E-state index contributed by atoms with van der Waals surface area (Å²) in [6.45, 7) is 1.82. The molecule has 1 heterocycles. The molecular formula is C15H21ClN2O5S. The third kappa shape index (κ3) is 5.06. The van der Waals surface area contributed by atoms with Crippen LogP contribution in [0.15, 0.2) is 6.07 Å². The molecule has 1 aromatic heterocycles. The first-order valence-corrected chi connectivity index (χ1v) is 9.96. The van der Waals surface area contributed by atoms with E-state index < -0.39 is 16.1 Å². The number of nitrogens with one attached hydrogen (secondary N) is 1. The van der Waals surface area contributed by atoms with Gasteiger partial charge in [-0.25, -0.2) is 9.78 Å². The number of hydrogen-bond acceptors (Lipinski definition) is 6. The quantitative estimate of drug-likeness (QED) is 0.580. The van der Waals surface area contributed by atoms with E-state index in [0.717, 1.165) is 6.26 Å². The molecule has 0 spiro atoms. The van der Waals surface area contributed by atoms with Crippen molar-refractivity contribution in [2.75, 3.05) is 11.6 Å². The Kier molecular flexibility index (Phi) is 6.06. The van der Waals surface area contributed by atoms with Gasteiger partial charge in [-0.1, -0.05) is 18.5 Å². The van der Waals surface area contributed by atoms with Gasteiger partial charge in [0, 0.05) is 6.04 Å². The molecule has 0 bridgehead atoms. The number of aryl methyl sites for hydroxylation is 1. The van der Waals surface area contributed by atoms with E-state index in [4.69, 9.17) is 15.8 Å². The fraction of sp³-hybridized carbons (Fsp3) is 0.600. The van der Waals surface area contributed by atoms with Crippen molar-refractivity contribution in [3.05, 3.63) is 22.5 Å². The molecule has 0 amide bonds. The summed E-state index contributed by atoms with van der Waals surface area (Å²) in [5.74, 6) is -1.05. The topological polar surface area (TPSA) is 106 Å². The summed E-state index contributed by atoms with van der Waals surface area (Å²) >= 11 is 5.99. The highest BCUT2D eigenvalue weighted by Gasteiger charge is 2.26. The van der Waals surface area contributed by atoms with E-state index in [0.29, 0.717) is 43.5 Å². The van der Waals surface area contributed by atoms with Crippen molar-refractivity contribution in [3.63, 3.8) is 0 Å². The van der Waals surface area contributed by atoms with E-state index in [1.807, 2.05) is 6.92 Å². The minimum Gasteiger partial charge on any atom is -0.478 e. The van der Waals surface area contributed by atoms with Crippen LogP contribution in [0.2, 0.25) is 5.15 Å². The number of rotatable bonds is 6. The summed E-state index contributed by atoms with van der Waals surface area (Å²) in [7, 11) is -3.46. The highest BCUT2D eigenvalue weighted by atomic mass is 35.5. The Labute approximate surface area is 146 Å². The van der Waals surface area contributed by atoms with Crippen molar-refractivity contribution in [2.24, 2.45) is 0 Å². The van der Waals surface area contributed by atoms with Gasteiger partial charge in [-0.15, -0.1) is 0 Å². The maximum absolute atomic E-state index is 11.6. The van der Waals surface area contributed by atoms with E-state index in [1.54, 1.807) is 0 Å². The second-order valence-corrected chi connectivity index (χ2v) is 7.88. The molecule has 0 aliphatic heterocycles. The maximum atomic E-state index is 11.6. The van der Waals surface area contributed by atoms with Gasteiger partial charge in [0.25, 0.3) is 10.1 Å². The summed E-state index contributed by atoms with van der Waals surface area (Å²) in [6.07, 6.45) is 3.73. The van der Waals surface area contributed by atoms with Gasteiger partial charge >= 0.3 is 5.97 Å². The van der Waals surface area contributed by atoms with Crippen molar-refractivity contribution in [2.45, 2.75) is 51.2 Å². The van der Waals surface area contributed by atoms with Crippen LogP contribution in [-0.2, 0) is 20.7 Å². The summed E-state index contributed by atoms with van der Waals surface area (Å²) in [5, 5.41) is 12.9. The van der Waals surface area contributed by atoms with E-state index in [9.17, 15) is 18.3 Å². The van der Waals surface area contributed by atoms with Gasteiger partial charge in [0.05, 0.1) is 23.7 Å². The number of aromatic nitrogens is 1. The predicted octanol–water partition coefficient (Wildman–Crippen LogP) is 2.69. The van der Waals surface area contributed by atoms with Gasteiger partial charge in [-0.3, -0.25) is 4.18 Å². The number of carbonyl (C=O) groups is 1. The minimum absolute atomic E-state index is 0.0330. The number of aromatic carboxylic acids is 1. The number of nitrogens with zero attached hydrogens (tertiary/aromatic N) is 1. The second kappa shape index (κ2) is 7.67. The standard InChI is InChI=1S/C15H21ClN2O5S/c1-3-11-14(15(19)20)12(8-13(16)18-11)17-9-4-6-10(7-5-9)23-24(2,21)22/h8-10H,3-7H2,1-2H3,(H,17,18)(H,19,20). The third-order valence-electron chi connectivity index (χ3n) is 3.96. The van der Waals surface area contributed by atoms with Crippen LogP contribution < -0.4 is 5.32 Å². The SMILES string of the molecule is CCc1nc(Cl)cc(NC2CCC(OS(C)(=O)=O)CC2)c1C(=O)O.